The van der Waals surface area contributed by atoms with Crippen LogP contribution < -0.4 is 0 Å². The topological polar surface area (TPSA) is 12.9 Å². The molecule has 0 N–H and O–H groups in total. The van der Waals surface area contributed by atoms with Gasteiger partial charge in [-0.1, -0.05) is 32.0 Å². The first-order valence-corrected chi connectivity index (χ1v) is 7.10. The molecule has 2 heteroatoms. The van der Waals surface area contributed by atoms with Crippen molar-refractivity contribution in [3.8, 4) is 11.1 Å². The lowest BCUT2D eigenvalue weighted by molar-refractivity contribution is 1.20. The zero-order valence-corrected chi connectivity index (χ0v) is 11.7. The van der Waals surface area contributed by atoms with Gasteiger partial charge in [0.25, 0.3) is 0 Å². The van der Waals surface area contributed by atoms with Gasteiger partial charge in [0.05, 0.1) is 0 Å². The zero-order valence-electron chi connectivity index (χ0n) is 10.9. The van der Waals surface area contributed by atoms with E-state index < -0.39 is 0 Å². The van der Waals surface area contributed by atoms with E-state index in [2.05, 4.69) is 41.6 Å². The first-order chi connectivity index (χ1) is 8.31. The summed E-state index contributed by atoms with van der Waals surface area (Å²) >= 11 is 1.76. The van der Waals surface area contributed by atoms with E-state index in [9.17, 15) is 0 Å². The van der Waals surface area contributed by atoms with Crippen LogP contribution in [0.2, 0.25) is 0 Å². The minimum absolute atomic E-state index is 1.08. The molecule has 0 spiro atoms. The lowest BCUT2D eigenvalue weighted by Crippen LogP contribution is -1.86. The minimum Gasteiger partial charge on any atom is -0.261 e. The highest BCUT2D eigenvalue weighted by molar-refractivity contribution is 7.98. The second kappa shape index (κ2) is 7.13. The fourth-order valence-corrected chi connectivity index (χ4v) is 2.04. The van der Waals surface area contributed by atoms with Crippen molar-refractivity contribution in [2.45, 2.75) is 25.7 Å². The lowest BCUT2D eigenvalue weighted by atomic mass is 10.1. The molecule has 0 amide bonds. The van der Waals surface area contributed by atoms with Gasteiger partial charge in [0.1, 0.15) is 0 Å². The Kier molecular flexibility index (Phi) is 5.78. The Bertz CT molecular complexity index is 466. The Hall–Kier alpha value is -1.28. The summed E-state index contributed by atoms with van der Waals surface area (Å²) in [6.07, 6.45) is 3.92. The van der Waals surface area contributed by atoms with E-state index in [1.807, 2.05) is 33.0 Å². The van der Waals surface area contributed by atoms with Gasteiger partial charge in [-0.15, -0.1) is 11.8 Å². The molecule has 1 heterocycles. The van der Waals surface area contributed by atoms with Crippen LogP contribution in [0.3, 0.4) is 0 Å². The third kappa shape index (κ3) is 3.60. The molecule has 1 aromatic heterocycles. The summed E-state index contributed by atoms with van der Waals surface area (Å²) in [4.78, 5) is 5.59. The zero-order chi connectivity index (χ0) is 12.7. The maximum Gasteiger partial charge on any atom is 0.0450 e. The summed E-state index contributed by atoms with van der Waals surface area (Å²) in [6.45, 7) is 6.04. The van der Waals surface area contributed by atoms with Crippen molar-refractivity contribution in [2.24, 2.45) is 0 Å². The first kappa shape index (κ1) is 13.8. The Balaban J connectivity index is 0.000000686. The molecule has 0 saturated carbocycles. The van der Waals surface area contributed by atoms with Gasteiger partial charge in [0, 0.05) is 22.3 Å². The summed E-state index contributed by atoms with van der Waals surface area (Å²) in [5, 5.41) is 0. The molecular formula is C15H19NS. The molecule has 1 aromatic carbocycles. The van der Waals surface area contributed by atoms with Crippen molar-refractivity contribution in [1.82, 2.24) is 4.98 Å². The normalized spacial score (nSPS) is 9.41. The van der Waals surface area contributed by atoms with Gasteiger partial charge < -0.3 is 0 Å². The van der Waals surface area contributed by atoms with Crippen molar-refractivity contribution in [1.29, 1.82) is 0 Å². The van der Waals surface area contributed by atoms with Crippen LogP contribution in [-0.4, -0.2) is 11.2 Å². The van der Waals surface area contributed by atoms with Crippen molar-refractivity contribution in [3.63, 3.8) is 0 Å². The van der Waals surface area contributed by atoms with Crippen molar-refractivity contribution >= 4 is 11.8 Å². The summed E-state index contributed by atoms with van der Waals surface area (Å²) < 4.78 is 0. The van der Waals surface area contributed by atoms with Crippen LogP contribution in [-0.2, 0) is 0 Å². The van der Waals surface area contributed by atoms with Gasteiger partial charge in [0.2, 0.25) is 0 Å². The van der Waals surface area contributed by atoms with Crippen molar-refractivity contribution in [3.05, 3.63) is 48.3 Å². The number of aromatic nitrogens is 1. The average Bonchev–Trinajstić information content (AvgIpc) is 2.42. The largest absolute Gasteiger partial charge is 0.261 e. The van der Waals surface area contributed by atoms with Gasteiger partial charge in [-0.05, 0) is 36.9 Å². The van der Waals surface area contributed by atoms with Gasteiger partial charge >= 0.3 is 0 Å². The Morgan fingerprint density at radius 3 is 2.47 bits per heavy atom. The molecule has 1 nitrogen and oxygen atoms in total. The van der Waals surface area contributed by atoms with E-state index in [1.165, 1.54) is 16.0 Å². The van der Waals surface area contributed by atoms with Crippen LogP contribution in [0.25, 0.3) is 11.1 Å². The molecule has 0 aliphatic carbocycles. The third-order valence-corrected chi connectivity index (χ3v) is 3.11. The van der Waals surface area contributed by atoms with E-state index in [0.717, 1.165) is 5.69 Å². The van der Waals surface area contributed by atoms with Crippen molar-refractivity contribution in [2.75, 3.05) is 6.26 Å². The summed E-state index contributed by atoms with van der Waals surface area (Å²) in [5.74, 6) is 0. The van der Waals surface area contributed by atoms with Gasteiger partial charge in [-0.2, -0.15) is 0 Å². The summed E-state index contributed by atoms with van der Waals surface area (Å²) in [7, 11) is 0. The first-order valence-electron chi connectivity index (χ1n) is 5.87. The summed E-state index contributed by atoms with van der Waals surface area (Å²) in [5.41, 5.74) is 3.54. The van der Waals surface area contributed by atoms with Gasteiger partial charge in [0.15, 0.2) is 0 Å². The number of thioether (sulfide) groups is 1. The second-order valence-electron chi connectivity index (χ2n) is 3.37. The third-order valence-electron chi connectivity index (χ3n) is 2.39. The minimum atomic E-state index is 1.08. The second-order valence-corrected chi connectivity index (χ2v) is 4.25. The quantitative estimate of drug-likeness (QED) is 0.704. The molecule has 0 fully saturated rings. The molecule has 0 unspecified atom stereocenters. The van der Waals surface area contributed by atoms with Crippen molar-refractivity contribution < 1.29 is 0 Å². The standard InChI is InChI=1S/C13H13NS.C2H6/c1-10-13(7-4-8-14-10)11-5-3-6-12(9-11)15-2;1-2/h3-9H,1-2H3;1-2H3. The van der Waals surface area contributed by atoms with Crippen LogP contribution in [0.5, 0.6) is 0 Å². The van der Waals surface area contributed by atoms with Crippen LogP contribution in [0.1, 0.15) is 19.5 Å². The molecule has 0 aliphatic rings. The average molecular weight is 245 g/mol. The van der Waals surface area contributed by atoms with E-state index in [4.69, 9.17) is 0 Å². The Morgan fingerprint density at radius 2 is 1.82 bits per heavy atom. The van der Waals surface area contributed by atoms with Crippen LogP contribution in [0, 0.1) is 6.92 Å². The monoisotopic (exact) mass is 245 g/mol. The SMILES string of the molecule is CC.CSc1cccc(-c2cccnc2C)c1. The fourth-order valence-electron chi connectivity index (χ4n) is 1.58. The molecule has 0 saturated heterocycles. The highest BCUT2D eigenvalue weighted by Gasteiger charge is 2.02. The molecular weight excluding hydrogens is 226 g/mol. The van der Waals surface area contributed by atoms with E-state index >= 15 is 0 Å². The number of hydrogen-bond acceptors (Lipinski definition) is 2. The molecule has 90 valence electrons. The highest BCUT2D eigenvalue weighted by Crippen LogP contribution is 2.25. The Morgan fingerprint density at radius 1 is 1.06 bits per heavy atom. The number of nitrogens with zero attached hydrogens (tertiary/aromatic N) is 1. The number of hydrogen-bond donors (Lipinski definition) is 0. The van der Waals surface area contributed by atoms with Crippen LogP contribution in [0.4, 0.5) is 0 Å². The number of benzene rings is 1. The van der Waals surface area contributed by atoms with Crippen LogP contribution in [0.15, 0.2) is 47.5 Å². The van der Waals surface area contributed by atoms with E-state index in [-0.39, 0.29) is 0 Å². The molecule has 0 atom stereocenters. The molecule has 0 aliphatic heterocycles. The van der Waals surface area contributed by atoms with E-state index in [1.54, 1.807) is 11.8 Å². The lowest BCUT2D eigenvalue weighted by Gasteiger charge is -2.05. The summed E-state index contributed by atoms with van der Waals surface area (Å²) in [6, 6.07) is 12.6. The fraction of sp³-hybridized carbons (Fsp3) is 0.267. The van der Waals surface area contributed by atoms with Gasteiger partial charge in [-0.3, -0.25) is 4.98 Å². The predicted octanol–water partition coefficient (Wildman–Crippen LogP) is 4.81. The molecule has 2 rings (SSSR count). The molecule has 17 heavy (non-hydrogen) atoms. The highest BCUT2D eigenvalue weighted by atomic mass is 32.2. The number of rotatable bonds is 2. The number of pyridine rings is 1. The predicted molar refractivity (Wildman–Crippen MR) is 77.5 cm³/mol. The maximum absolute atomic E-state index is 4.30. The van der Waals surface area contributed by atoms with Crippen LogP contribution >= 0.6 is 11.8 Å². The van der Waals surface area contributed by atoms with Gasteiger partial charge in [-0.25, -0.2) is 0 Å². The van der Waals surface area contributed by atoms with E-state index in [0.29, 0.717) is 0 Å². The molecule has 2 aromatic rings. The smallest absolute Gasteiger partial charge is 0.0450 e. The Labute approximate surface area is 108 Å². The number of aryl methyl sites for hydroxylation is 1. The molecule has 0 radical (unpaired) electrons. The maximum atomic E-state index is 4.30. The molecule has 0 bridgehead atoms.